The lowest BCUT2D eigenvalue weighted by Gasteiger charge is -2.59. The number of phenolic OH excluding ortho intramolecular Hbond substituents is 1. The Labute approximate surface area is 132 Å². The van der Waals surface area contributed by atoms with Gasteiger partial charge in [0.05, 0.1) is 6.10 Å². The molecule has 0 saturated heterocycles. The highest BCUT2D eigenvalue weighted by Crippen LogP contribution is 2.74. The van der Waals surface area contributed by atoms with Gasteiger partial charge in [-0.05, 0) is 96.8 Å². The smallest absolute Gasteiger partial charge is 0.115 e. The third-order valence-corrected chi connectivity index (χ3v) is 8.25. The van der Waals surface area contributed by atoms with Gasteiger partial charge in [0.25, 0.3) is 0 Å². The standard InChI is InChI=1S/C20H26O2/c1-19-8-7-16-15-4-3-14(21)10-12(15)2-5-17(16)20(19)9-6-13(11-20)18(19)22/h3-4,10,13,16-18,21-22H,2,5-9,11H2,1H3. The highest BCUT2D eigenvalue weighted by molar-refractivity contribution is 5.41. The van der Waals surface area contributed by atoms with E-state index in [-0.39, 0.29) is 11.5 Å². The summed E-state index contributed by atoms with van der Waals surface area (Å²) in [5.41, 5.74) is 3.41. The van der Waals surface area contributed by atoms with E-state index in [1.807, 2.05) is 12.1 Å². The number of aliphatic hydroxyl groups is 1. The number of hydrogen-bond acceptors (Lipinski definition) is 2. The van der Waals surface area contributed by atoms with Crippen LogP contribution in [0.3, 0.4) is 0 Å². The molecule has 5 rings (SSSR count). The molecule has 6 atom stereocenters. The summed E-state index contributed by atoms with van der Waals surface area (Å²) in [4.78, 5) is 0. The number of aryl methyl sites for hydroxylation is 1. The Hall–Kier alpha value is -1.02. The Kier molecular flexibility index (Phi) is 2.49. The number of phenols is 1. The lowest BCUT2D eigenvalue weighted by atomic mass is 9.46. The predicted molar refractivity (Wildman–Crippen MR) is 85.8 cm³/mol. The van der Waals surface area contributed by atoms with E-state index in [0.29, 0.717) is 23.0 Å². The Balaban J connectivity index is 1.61. The zero-order valence-corrected chi connectivity index (χ0v) is 13.4. The van der Waals surface area contributed by atoms with Crippen molar-refractivity contribution >= 4 is 0 Å². The Morgan fingerprint density at radius 2 is 2.00 bits per heavy atom. The van der Waals surface area contributed by atoms with E-state index in [2.05, 4.69) is 13.0 Å². The van der Waals surface area contributed by atoms with E-state index >= 15 is 0 Å². The molecule has 0 radical (unpaired) electrons. The summed E-state index contributed by atoms with van der Waals surface area (Å²) in [5.74, 6) is 2.37. The third kappa shape index (κ3) is 1.37. The second-order valence-electron chi connectivity index (χ2n) is 8.69. The first-order valence-corrected chi connectivity index (χ1v) is 9.05. The molecule has 1 aromatic rings. The molecule has 4 aliphatic rings. The van der Waals surface area contributed by atoms with Crippen molar-refractivity contribution in [3.05, 3.63) is 29.3 Å². The van der Waals surface area contributed by atoms with E-state index in [4.69, 9.17) is 0 Å². The van der Waals surface area contributed by atoms with Crippen molar-refractivity contribution in [2.75, 3.05) is 0 Å². The third-order valence-electron chi connectivity index (χ3n) is 8.25. The average molecular weight is 298 g/mol. The number of fused-ring (bicyclic) bond motifs is 4. The first-order valence-electron chi connectivity index (χ1n) is 9.05. The molecule has 0 heterocycles. The Bertz CT molecular complexity index is 639. The first-order chi connectivity index (χ1) is 10.6. The average Bonchev–Trinajstić information content (AvgIpc) is 3.04. The van der Waals surface area contributed by atoms with E-state index in [1.54, 1.807) is 0 Å². The highest BCUT2D eigenvalue weighted by atomic mass is 16.3. The molecule has 6 unspecified atom stereocenters. The van der Waals surface area contributed by atoms with E-state index < -0.39 is 0 Å². The van der Waals surface area contributed by atoms with Crippen molar-refractivity contribution in [1.82, 2.24) is 0 Å². The molecule has 0 aliphatic heterocycles. The molecule has 1 aromatic carbocycles. The first kappa shape index (κ1) is 13.4. The summed E-state index contributed by atoms with van der Waals surface area (Å²) in [5, 5.41) is 20.6. The summed E-state index contributed by atoms with van der Waals surface area (Å²) >= 11 is 0. The normalized spacial score (nSPS) is 48.6. The molecule has 0 aromatic heterocycles. The quantitative estimate of drug-likeness (QED) is 0.760. The van der Waals surface area contributed by atoms with E-state index in [1.165, 1.54) is 49.7 Å². The van der Waals surface area contributed by atoms with Gasteiger partial charge in [-0.1, -0.05) is 13.0 Å². The number of benzene rings is 1. The van der Waals surface area contributed by atoms with Gasteiger partial charge in [0.1, 0.15) is 5.75 Å². The monoisotopic (exact) mass is 298 g/mol. The van der Waals surface area contributed by atoms with Crippen LogP contribution in [0, 0.1) is 22.7 Å². The summed E-state index contributed by atoms with van der Waals surface area (Å²) in [6.45, 7) is 2.39. The largest absolute Gasteiger partial charge is 0.508 e. The number of aliphatic hydroxyl groups excluding tert-OH is 1. The maximum atomic E-state index is 10.9. The van der Waals surface area contributed by atoms with Gasteiger partial charge in [-0.2, -0.15) is 0 Å². The Morgan fingerprint density at radius 1 is 1.14 bits per heavy atom. The second kappa shape index (κ2) is 4.08. The van der Waals surface area contributed by atoms with Gasteiger partial charge in [0.2, 0.25) is 0 Å². The van der Waals surface area contributed by atoms with Crippen LogP contribution in [0.1, 0.15) is 62.5 Å². The minimum Gasteiger partial charge on any atom is -0.508 e. The molecule has 22 heavy (non-hydrogen) atoms. The molecule has 3 saturated carbocycles. The van der Waals surface area contributed by atoms with Gasteiger partial charge < -0.3 is 10.2 Å². The van der Waals surface area contributed by atoms with Gasteiger partial charge in [0.15, 0.2) is 0 Å². The van der Waals surface area contributed by atoms with Crippen LogP contribution in [0.5, 0.6) is 5.75 Å². The fourth-order valence-corrected chi connectivity index (χ4v) is 7.25. The van der Waals surface area contributed by atoms with Crippen molar-refractivity contribution in [1.29, 1.82) is 0 Å². The molecule has 118 valence electrons. The van der Waals surface area contributed by atoms with Crippen LogP contribution >= 0.6 is 0 Å². The van der Waals surface area contributed by atoms with Crippen LogP contribution in [-0.4, -0.2) is 16.3 Å². The van der Waals surface area contributed by atoms with Crippen LogP contribution in [0.4, 0.5) is 0 Å². The number of hydrogen-bond donors (Lipinski definition) is 2. The summed E-state index contributed by atoms with van der Waals surface area (Å²) in [6, 6.07) is 6.03. The maximum absolute atomic E-state index is 10.9. The molecule has 3 fully saturated rings. The van der Waals surface area contributed by atoms with Crippen molar-refractivity contribution in [2.24, 2.45) is 22.7 Å². The lowest BCUT2D eigenvalue weighted by molar-refractivity contribution is -0.116. The summed E-state index contributed by atoms with van der Waals surface area (Å²) in [6.07, 6.45) is 8.50. The molecule has 2 bridgehead atoms. The zero-order chi connectivity index (χ0) is 15.1. The molecule has 2 nitrogen and oxygen atoms in total. The highest BCUT2D eigenvalue weighted by Gasteiger charge is 2.69. The van der Waals surface area contributed by atoms with E-state index in [0.717, 1.165) is 12.3 Å². The summed E-state index contributed by atoms with van der Waals surface area (Å²) in [7, 11) is 0. The van der Waals surface area contributed by atoms with Gasteiger partial charge in [-0.3, -0.25) is 0 Å². The molecule has 0 amide bonds. The molecular weight excluding hydrogens is 272 g/mol. The number of rotatable bonds is 0. The van der Waals surface area contributed by atoms with Gasteiger partial charge in [-0.25, -0.2) is 0 Å². The van der Waals surface area contributed by atoms with Crippen LogP contribution in [0.15, 0.2) is 18.2 Å². The van der Waals surface area contributed by atoms with Gasteiger partial charge >= 0.3 is 0 Å². The number of aromatic hydroxyl groups is 1. The van der Waals surface area contributed by atoms with Crippen molar-refractivity contribution in [3.63, 3.8) is 0 Å². The predicted octanol–water partition coefficient (Wildman–Crippen LogP) is 4.00. The fraction of sp³-hybridized carbons (Fsp3) is 0.700. The van der Waals surface area contributed by atoms with Crippen LogP contribution < -0.4 is 0 Å². The van der Waals surface area contributed by atoms with Crippen LogP contribution in [0.25, 0.3) is 0 Å². The lowest BCUT2D eigenvalue weighted by Crippen LogP contribution is -2.53. The SMILES string of the molecule is CC12CCC3c4ccc(O)cc4CCC3C13CCC(C3)C2O. The molecule has 4 aliphatic carbocycles. The van der Waals surface area contributed by atoms with Crippen molar-refractivity contribution in [3.8, 4) is 5.75 Å². The molecule has 2 N–H and O–H groups in total. The summed E-state index contributed by atoms with van der Waals surface area (Å²) < 4.78 is 0. The van der Waals surface area contributed by atoms with Gasteiger partial charge in [0, 0.05) is 0 Å². The van der Waals surface area contributed by atoms with Gasteiger partial charge in [-0.15, -0.1) is 0 Å². The minimum atomic E-state index is -0.0663. The topological polar surface area (TPSA) is 40.5 Å². The zero-order valence-electron chi connectivity index (χ0n) is 13.4. The van der Waals surface area contributed by atoms with Crippen molar-refractivity contribution in [2.45, 2.75) is 63.9 Å². The minimum absolute atomic E-state index is 0.0663. The second-order valence-corrected chi connectivity index (χ2v) is 8.69. The van der Waals surface area contributed by atoms with E-state index in [9.17, 15) is 10.2 Å². The van der Waals surface area contributed by atoms with Crippen molar-refractivity contribution < 1.29 is 10.2 Å². The fourth-order valence-electron chi connectivity index (χ4n) is 7.25. The molecule has 2 heteroatoms. The Morgan fingerprint density at radius 3 is 2.86 bits per heavy atom. The maximum Gasteiger partial charge on any atom is 0.115 e. The van der Waals surface area contributed by atoms with Crippen LogP contribution in [-0.2, 0) is 6.42 Å². The van der Waals surface area contributed by atoms with Crippen LogP contribution in [0.2, 0.25) is 0 Å². The molecule has 1 spiro atoms. The molecular formula is C20H26O2.